The second kappa shape index (κ2) is 8.08. The maximum absolute atomic E-state index is 12.4. The van der Waals surface area contributed by atoms with Gasteiger partial charge in [0.05, 0.1) is 12.8 Å². The molecule has 0 unspecified atom stereocenters. The lowest BCUT2D eigenvalue weighted by Gasteiger charge is -2.36. The van der Waals surface area contributed by atoms with Crippen molar-refractivity contribution in [3.8, 4) is 5.75 Å². The molecule has 1 saturated heterocycles. The van der Waals surface area contributed by atoms with Gasteiger partial charge in [0.25, 0.3) is 0 Å². The van der Waals surface area contributed by atoms with Crippen molar-refractivity contribution in [1.29, 1.82) is 0 Å². The molecule has 1 aliphatic heterocycles. The van der Waals surface area contributed by atoms with Gasteiger partial charge in [0.2, 0.25) is 0 Å². The molecule has 1 aromatic carbocycles. The van der Waals surface area contributed by atoms with Crippen LogP contribution in [0.4, 0.5) is 10.5 Å². The van der Waals surface area contributed by atoms with Crippen LogP contribution >= 0.6 is 22.9 Å². The molecule has 5 nitrogen and oxygen atoms in total. The number of nitrogens with one attached hydrogen (secondary N) is 2. The summed E-state index contributed by atoms with van der Waals surface area (Å²) in [5, 5.41) is 8.43. The summed E-state index contributed by atoms with van der Waals surface area (Å²) in [5.74, 6) is 0.568. The first-order valence-electron chi connectivity index (χ1n) is 8.13. The summed E-state index contributed by atoms with van der Waals surface area (Å²) in [7, 11) is 1.56. The van der Waals surface area contributed by atoms with E-state index in [9.17, 15) is 4.79 Å². The number of carbonyl (C=O) groups excluding carboxylic acids is 1. The molecular formula is C18H21ClN2O3S. The minimum atomic E-state index is -0.275. The van der Waals surface area contributed by atoms with Gasteiger partial charge in [-0.2, -0.15) is 0 Å². The molecule has 2 aromatic rings. The van der Waals surface area contributed by atoms with Crippen molar-refractivity contribution in [2.24, 2.45) is 0 Å². The fourth-order valence-corrected chi connectivity index (χ4v) is 4.21. The predicted molar refractivity (Wildman–Crippen MR) is 101 cm³/mol. The summed E-state index contributed by atoms with van der Waals surface area (Å²) < 4.78 is 10.8. The second-order valence-electron chi connectivity index (χ2n) is 6.02. The zero-order chi connectivity index (χ0) is 17.7. The lowest BCUT2D eigenvalue weighted by molar-refractivity contribution is 0.0521. The van der Waals surface area contributed by atoms with Crippen LogP contribution in [0.1, 0.15) is 17.7 Å². The summed E-state index contributed by atoms with van der Waals surface area (Å²) in [4.78, 5) is 13.7. The normalized spacial score (nSPS) is 16.2. The summed E-state index contributed by atoms with van der Waals surface area (Å²) in [6.45, 7) is 1.98. The molecule has 0 atom stereocenters. The van der Waals surface area contributed by atoms with Gasteiger partial charge in [0, 0.05) is 35.1 Å². The number of hydrogen-bond donors (Lipinski definition) is 2. The minimum absolute atomic E-state index is 0.0673. The first kappa shape index (κ1) is 18.0. The molecule has 0 saturated carbocycles. The summed E-state index contributed by atoms with van der Waals surface area (Å²) in [6.07, 6.45) is 1.79. The van der Waals surface area contributed by atoms with Crippen molar-refractivity contribution in [1.82, 2.24) is 5.32 Å². The van der Waals surface area contributed by atoms with Gasteiger partial charge in [-0.1, -0.05) is 17.7 Å². The van der Waals surface area contributed by atoms with Gasteiger partial charge < -0.3 is 20.1 Å². The van der Waals surface area contributed by atoms with Gasteiger partial charge in [0.15, 0.2) is 0 Å². The molecule has 0 aliphatic carbocycles. The van der Waals surface area contributed by atoms with Crippen LogP contribution in [0, 0.1) is 0 Å². The summed E-state index contributed by atoms with van der Waals surface area (Å²) >= 11 is 7.73. The van der Waals surface area contributed by atoms with Crippen LogP contribution < -0.4 is 15.4 Å². The van der Waals surface area contributed by atoms with Crippen LogP contribution in [0.15, 0.2) is 35.7 Å². The lowest BCUT2D eigenvalue weighted by atomic mass is 9.78. The number of carbonyl (C=O) groups is 1. The van der Waals surface area contributed by atoms with E-state index in [-0.39, 0.29) is 11.4 Å². The van der Waals surface area contributed by atoms with E-state index in [0.29, 0.717) is 36.2 Å². The summed E-state index contributed by atoms with van der Waals surface area (Å²) in [6, 6.07) is 9.02. The van der Waals surface area contributed by atoms with Crippen molar-refractivity contribution < 1.29 is 14.3 Å². The molecular weight excluding hydrogens is 360 g/mol. The van der Waals surface area contributed by atoms with Crippen molar-refractivity contribution in [3.63, 3.8) is 0 Å². The molecule has 2 amide bonds. The number of thiophene rings is 1. The first-order valence-corrected chi connectivity index (χ1v) is 9.39. The molecule has 0 bridgehead atoms. The average Bonchev–Trinajstić information content (AvgIpc) is 3.16. The standard InChI is InChI=1S/C18H21ClN2O3S/c1-23-15-5-4-13(19)11-14(15)21-17(22)20-12-18(6-8-24-9-7-18)16-3-2-10-25-16/h2-5,10-11H,6-9,12H2,1H3,(H2,20,21,22). The Hall–Kier alpha value is -1.76. The zero-order valence-electron chi connectivity index (χ0n) is 14.0. The second-order valence-corrected chi connectivity index (χ2v) is 7.41. The fourth-order valence-electron chi connectivity index (χ4n) is 3.05. The van der Waals surface area contributed by atoms with Crippen LogP contribution in [0.5, 0.6) is 5.75 Å². The Morgan fingerprint density at radius 3 is 2.84 bits per heavy atom. The van der Waals surface area contributed by atoms with E-state index in [4.69, 9.17) is 21.1 Å². The highest BCUT2D eigenvalue weighted by Crippen LogP contribution is 2.37. The minimum Gasteiger partial charge on any atom is -0.495 e. The van der Waals surface area contributed by atoms with Crippen LogP contribution in [0.3, 0.4) is 0 Å². The van der Waals surface area contributed by atoms with E-state index in [2.05, 4.69) is 22.1 Å². The van der Waals surface area contributed by atoms with E-state index in [1.54, 1.807) is 36.6 Å². The lowest BCUT2D eigenvalue weighted by Crippen LogP contribution is -2.45. The van der Waals surface area contributed by atoms with Gasteiger partial charge in [-0.05, 0) is 42.5 Å². The van der Waals surface area contributed by atoms with Gasteiger partial charge in [0.1, 0.15) is 5.75 Å². The van der Waals surface area contributed by atoms with E-state index in [1.165, 1.54) is 4.88 Å². The topological polar surface area (TPSA) is 59.6 Å². The maximum atomic E-state index is 12.4. The highest BCUT2D eigenvalue weighted by Gasteiger charge is 2.35. The number of benzene rings is 1. The number of ether oxygens (including phenoxy) is 2. The molecule has 0 spiro atoms. The molecule has 1 aliphatic rings. The highest BCUT2D eigenvalue weighted by molar-refractivity contribution is 7.10. The van der Waals surface area contributed by atoms with E-state index >= 15 is 0 Å². The van der Waals surface area contributed by atoms with E-state index in [1.807, 2.05) is 6.07 Å². The maximum Gasteiger partial charge on any atom is 0.319 e. The molecule has 7 heteroatoms. The van der Waals surface area contributed by atoms with Crippen LogP contribution in [-0.4, -0.2) is 32.9 Å². The Labute approximate surface area is 156 Å². The molecule has 1 aromatic heterocycles. The number of rotatable bonds is 5. The quantitative estimate of drug-likeness (QED) is 0.813. The number of amides is 2. The SMILES string of the molecule is COc1ccc(Cl)cc1NC(=O)NCC1(c2cccs2)CCOCC1. The average molecular weight is 381 g/mol. The monoisotopic (exact) mass is 380 g/mol. The Morgan fingerprint density at radius 2 is 2.16 bits per heavy atom. The number of urea groups is 1. The van der Waals surface area contributed by atoms with Gasteiger partial charge in [-0.15, -0.1) is 11.3 Å². The van der Waals surface area contributed by atoms with Crippen molar-refractivity contribution in [2.45, 2.75) is 18.3 Å². The van der Waals surface area contributed by atoms with Gasteiger partial charge in [-0.25, -0.2) is 4.79 Å². The number of hydrogen-bond acceptors (Lipinski definition) is 4. The smallest absolute Gasteiger partial charge is 0.319 e. The van der Waals surface area contributed by atoms with E-state index in [0.717, 1.165) is 12.8 Å². The summed E-state index contributed by atoms with van der Waals surface area (Å²) in [5.41, 5.74) is 0.479. The van der Waals surface area contributed by atoms with Crippen LogP contribution in [0.2, 0.25) is 5.02 Å². The van der Waals surface area contributed by atoms with Crippen LogP contribution in [-0.2, 0) is 10.2 Å². The predicted octanol–water partition coefficient (Wildman–Crippen LogP) is 4.28. The van der Waals surface area contributed by atoms with Gasteiger partial charge in [-0.3, -0.25) is 0 Å². The molecule has 25 heavy (non-hydrogen) atoms. The molecule has 2 heterocycles. The Bertz CT molecular complexity index is 715. The van der Waals surface area contributed by atoms with Gasteiger partial charge >= 0.3 is 6.03 Å². The van der Waals surface area contributed by atoms with Crippen molar-refractivity contribution in [2.75, 3.05) is 32.2 Å². The molecule has 3 rings (SSSR count). The first-order chi connectivity index (χ1) is 12.1. The largest absolute Gasteiger partial charge is 0.495 e. The fraction of sp³-hybridized carbons (Fsp3) is 0.389. The van der Waals surface area contributed by atoms with Crippen molar-refractivity contribution in [3.05, 3.63) is 45.6 Å². The number of anilines is 1. The molecule has 2 N–H and O–H groups in total. The third kappa shape index (κ3) is 4.26. The highest BCUT2D eigenvalue weighted by atomic mass is 35.5. The molecule has 0 radical (unpaired) electrons. The Morgan fingerprint density at radius 1 is 1.36 bits per heavy atom. The Balaban J connectivity index is 1.67. The Kier molecular flexibility index (Phi) is 5.83. The third-order valence-electron chi connectivity index (χ3n) is 4.49. The number of methoxy groups -OCH3 is 1. The van der Waals surface area contributed by atoms with E-state index < -0.39 is 0 Å². The van der Waals surface area contributed by atoms with Crippen LogP contribution in [0.25, 0.3) is 0 Å². The zero-order valence-corrected chi connectivity index (χ0v) is 15.6. The third-order valence-corrected chi connectivity index (χ3v) is 5.84. The number of halogens is 1. The molecule has 134 valence electrons. The van der Waals surface area contributed by atoms with Crippen molar-refractivity contribution >= 4 is 34.7 Å². The molecule has 1 fully saturated rings.